The molecule has 4 rings (SSSR count). The zero-order chi connectivity index (χ0) is 22.9. The average molecular weight is 438 g/mol. The van der Waals surface area contributed by atoms with Crippen LogP contribution in [0.2, 0.25) is 0 Å². The summed E-state index contributed by atoms with van der Waals surface area (Å²) in [6.07, 6.45) is 4.11. The van der Waals surface area contributed by atoms with Crippen LogP contribution in [0, 0.1) is 6.92 Å². The van der Waals surface area contributed by atoms with Crippen LogP contribution in [-0.4, -0.2) is 32.3 Å². The van der Waals surface area contributed by atoms with Gasteiger partial charge in [0.05, 0.1) is 17.1 Å². The Morgan fingerprint density at radius 3 is 2.52 bits per heavy atom. The minimum atomic E-state index is 0.518. The normalized spacial score (nSPS) is 11.4. The fourth-order valence-corrected chi connectivity index (χ4v) is 3.42. The first-order chi connectivity index (χ1) is 16.2. The molecular formula is C27H27N5O. The van der Waals surface area contributed by atoms with Crippen molar-refractivity contribution in [1.29, 1.82) is 0 Å². The van der Waals surface area contributed by atoms with E-state index >= 15 is 0 Å². The summed E-state index contributed by atoms with van der Waals surface area (Å²) in [5.74, 6) is 0.788. The Balaban J connectivity index is 1.33. The third-order valence-electron chi connectivity index (χ3n) is 5.11. The second-order valence-electron chi connectivity index (χ2n) is 7.81. The van der Waals surface area contributed by atoms with Gasteiger partial charge in [0.1, 0.15) is 18.1 Å². The monoisotopic (exact) mass is 437 g/mol. The second kappa shape index (κ2) is 11.1. The largest absolute Gasteiger partial charge is 0.396 e. The fraction of sp³-hybridized carbons (Fsp3) is 0.222. The van der Waals surface area contributed by atoms with Gasteiger partial charge in [-0.2, -0.15) is 0 Å². The zero-order valence-electron chi connectivity index (χ0n) is 19.0. The number of aromatic nitrogens is 4. The Morgan fingerprint density at radius 2 is 1.67 bits per heavy atom. The number of hydrogen-bond acceptors (Lipinski definition) is 6. The molecule has 0 fully saturated rings. The van der Waals surface area contributed by atoms with E-state index in [2.05, 4.69) is 27.3 Å². The first-order valence-corrected chi connectivity index (χ1v) is 11.1. The molecule has 0 bridgehead atoms. The Bertz CT molecular complexity index is 1220. The van der Waals surface area contributed by atoms with Crippen molar-refractivity contribution in [2.45, 2.75) is 33.1 Å². The molecule has 0 aliphatic rings. The van der Waals surface area contributed by atoms with E-state index in [-0.39, 0.29) is 0 Å². The van der Waals surface area contributed by atoms with Crippen LogP contribution in [0.4, 0.5) is 0 Å². The summed E-state index contributed by atoms with van der Waals surface area (Å²) in [5, 5.41) is 4.19. The summed E-state index contributed by atoms with van der Waals surface area (Å²) in [4.78, 5) is 23.9. The van der Waals surface area contributed by atoms with Gasteiger partial charge in [0, 0.05) is 24.0 Å². The minimum absolute atomic E-state index is 0.518. The summed E-state index contributed by atoms with van der Waals surface area (Å²) in [6.45, 7) is 4.38. The minimum Gasteiger partial charge on any atom is -0.396 e. The standard InChI is InChI=1S/C27H27N5O/c1-20-9-6-14-24(29-20)21(2)32-33-18-8-13-23-12-7-15-25(30-23)26-16-17-28-27(31-26)19-22-10-4-3-5-11-22/h3-7,9-12,14-17H,8,13,18-19H2,1-2H3. The molecular weight excluding hydrogens is 410 g/mol. The fourth-order valence-electron chi connectivity index (χ4n) is 3.42. The Hall–Kier alpha value is -3.93. The van der Waals surface area contributed by atoms with Gasteiger partial charge in [-0.25, -0.2) is 9.97 Å². The third-order valence-corrected chi connectivity index (χ3v) is 5.11. The van der Waals surface area contributed by atoms with Crippen molar-refractivity contribution < 1.29 is 4.84 Å². The maximum Gasteiger partial charge on any atom is 0.133 e. The van der Waals surface area contributed by atoms with E-state index in [9.17, 15) is 0 Å². The summed E-state index contributed by atoms with van der Waals surface area (Å²) in [7, 11) is 0. The molecule has 0 atom stereocenters. The number of pyridine rings is 2. The first kappa shape index (κ1) is 22.3. The van der Waals surface area contributed by atoms with Gasteiger partial charge < -0.3 is 4.84 Å². The Morgan fingerprint density at radius 1 is 0.848 bits per heavy atom. The Labute approximate surface area is 194 Å². The van der Waals surface area contributed by atoms with Crippen molar-refractivity contribution in [3.8, 4) is 11.4 Å². The summed E-state index contributed by atoms with van der Waals surface area (Å²) >= 11 is 0. The molecule has 0 N–H and O–H groups in total. The van der Waals surface area contributed by atoms with E-state index < -0.39 is 0 Å². The van der Waals surface area contributed by atoms with Crippen LogP contribution in [-0.2, 0) is 17.7 Å². The number of nitrogens with zero attached hydrogens (tertiary/aromatic N) is 5. The van der Waals surface area contributed by atoms with Crippen molar-refractivity contribution in [2.75, 3.05) is 6.61 Å². The molecule has 0 amide bonds. The predicted octanol–water partition coefficient (Wildman–Crippen LogP) is 5.21. The number of rotatable bonds is 9. The van der Waals surface area contributed by atoms with Gasteiger partial charge in [0.15, 0.2) is 0 Å². The van der Waals surface area contributed by atoms with E-state index in [1.54, 1.807) is 6.20 Å². The smallest absolute Gasteiger partial charge is 0.133 e. The maximum atomic E-state index is 5.50. The highest BCUT2D eigenvalue weighted by Gasteiger charge is 2.06. The molecule has 0 radical (unpaired) electrons. The number of hydrogen-bond donors (Lipinski definition) is 0. The molecule has 3 heterocycles. The van der Waals surface area contributed by atoms with E-state index in [1.165, 1.54) is 5.56 Å². The summed E-state index contributed by atoms with van der Waals surface area (Å²) in [5.41, 5.74) is 6.44. The van der Waals surface area contributed by atoms with Crippen LogP contribution in [0.5, 0.6) is 0 Å². The van der Waals surface area contributed by atoms with Crippen molar-refractivity contribution in [1.82, 2.24) is 19.9 Å². The van der Waals surface area contributed by atoms with Gasteiger partial charge in [-0.3, -0.25) is 9.97 Å². The molecule has 33 heavy (non-hydrogen) atoms. The molecule has 6 heteroatoms. The lowest BCUT2D eigenvalue weighted by Gasteiger charge is -2.06. The molecule has 0 spiro atoms. The Kier molecular flexibility index (Phi) is 7.48. The zero-order valence-corrected chi connectivity index (χ0v) is 19.0. The highest BCUT2D eigenvalue weighted by molar-refractivity contribution is 5.96. The van der Waals surface area contributed by atoms with Crippen LogP contribution >= 0.6 is 0 Å². The molecule has 166 valence electrons. The molecule has 1 aromatic carbocycles. The lowest BCUT2D eigenvalue weighted by atomic mass is 10.1. The van der Waals surface area contributed by atoms with E-state index in [4.69, 9.17) is 14.8 Å². The van der Waals surface area contributed by atoms with Gasteiger partial charge in [-0.05, 0) is 62.6 Å². The van der Waals surface area contributed by atoms with Crippen molar-refractivity contribution in [3.05, 3.63) is 107 Å². The number of benzene rings is 1. The van der Waals surface area contributed by atoms with E-state index in [1.807, 2.05) is 74.5 Å². The van der Waals surface area contributed by atoms with Gasteiger partial charge >= 0.3 is 0 Å². The number of aryl methyl sites for hydroxylation is 2. The quantitative estimate of drug-likeness (QED) is 0.204. The predicted molar refractivity (Wildman–Crippen MR) is 130 cm³/mol. The van der Waals surface area contributed by atoms with E-state index in [0.717, 1.165) is 52.8 Å². The SMILES string of the molecule is CC(=NOCCCc1cccc(-c2ccnc(Cc3ccccc3)n2)n1)c1cccc(C)n1. The van der Waals surface area contributed by atoms with Crippen LogP contribution < -0.4 is 0 Å². The van der Waals surface area contributed by atoms with Gasteiger partial charge in [0.25, 0.3) is 0 Å². The maximum absolute atomic E-state index is 5.50. The second-order valence-corrected chi connectivity index (χ2v) is 7.81. The van der Waals surface area contributed by atoms with Crippen molar-refractivity contribution >= 4 is 5.71 Å². The van der Waals surface area contributed by atoms with Crippen LogP contribution in [0.15, 0.2) is 84.1 Å². The summed E-state index contributed by atoms with van der Waals surface area (Å²) < 4.78 is 0. The lowest BCUT2D eigenvalue weighted by Crippen LogP contribution is -2.02. The molecule has 0 aliphatic heterocycles. The van der Waals surface area contributed by atoms with Gasteiger partial charge in [-0.1, -0.05) is 47.6 Å². The molecule has 0 aliphatic carbocycles. The van der Waals surface area contributed by atoms with Crippen LogP contribution in [0.1, 0.15) is 41.8 Å². The molecule has 0 unspecified atom stereocenters. The highest BCUT2D eigenvalue weighted by atomic mass is 16.6. The molecule has 0 saturated carbocycles. The molecule has 4 aromatic rings. The van der Waals surface area contributed by atoms with Crippen LogP contribution in [0.25, 0.3) is 11.4 Å². The van der Waals surface area contributed by atoms with E-state index in [0.29, 0.717) is 13.0 Å². The molecule has 0 saturated heterocycles. The van der Waals surface area contributed by atoms with Crippen molar-refractivity contribution in [3.63, 3.8) is 0 Å². The summed E-state index contributed by atoms with van der Waals surface area (Å²) in [6, 6.07) is 24.0. The van der Waals surface area contributed by atoms with Crippen LogP contribution in [0.3, 0.4) is 0 Å². The third kappa shape index (κ3) is 6.53. The van der Waals surface area contributed by atoms with Gasteiger partial charge in [-0.15, -0.1) is 0 Å². The number of oxime groups is 1. The lowest BCUT2D eigenvalue weighted by molar-refractivity contribution is 0.141. The average Bonchev–Trinajstić information content (AvgIpc) is 2.85. The first-order valence-electron chi connectivity index (χ1n) is 11.1. The highest BCUT2D eigenvalue weighted by Crippen LogP contribution is 2.16. The molecule has 3 aromatic heterocycles. The topological polar surface area (TPSA) is 73.2 Å². The molecule has 6 nitrogen and oxygen atoms in total. The van der Waals surface area contributed by atoms with Crippen molar-refractivity contribution in [2.24, 2.45) is 5.16 Å². The van der Waals surface area contributed by atoms with Gasteiger partial charge in [0.2, 0.25) is 0 Å².